The SMILES string of the molecule is CC(C)CC(C(=O)NC(CO)(CO)CO)C(C)C. The second-order valence-electron chi connectivity index (χ2n) is 5.72. The van der Waals surface area contributed by atoms with Gasteiger partial charge in [0.25, 0.3) is 0 Å². The van der Waals surface area contributed by atoms with Crippen molar-refractivity contribution in [2.75, 3.05) is 19.8 Å². The second kappa shape index (κ2) is 7.71. The normalized spacial score (nSPS) is 14.1. The summed E-state index contributed by atoms with van der Waals surface area (Å²) in [7, 11) is 0. The van der Waals surface area contributed by atoms with E-state index in [9.17, 15) is 20.1 Å². The van der Waals surface area contributed by atoms with Crippen LogP contribution in [0, 0.1) is 17.8 Å². The van der Waals surface area contributed by atoms with E-state index in [0.29, 0.717) is 5.92 Å². The predicted molar refractivity (Wildman–Crippen MR) is 69.9 cm³/mol. The molecule has 0 heterocycles. The van der Waals surface area contributed by atoms with Crippen LogP contribution in [0.3, 0.4) is 0 Å². The summed E-state index contributed by atoms with van der Waals surface area (Å²) >= 11 is 0. The highest BCUT2D eigenvalue weighted by Crippen LogP contribution is 2.21. The van der Waals surface area contributed by atoms with E-state index < -0.39 is 25.4 Å². The van der Waals surface area contributed by atoms with Gasteiger partial charge in [0, 0.05) is 5.92 Å². The summed E-state index contributed by atoms with van der Waals surface area (Å²) in [5.74, 6) is 0.140. The molecule has 0 spiro atoms. The maximum Gasteiger partial charge on any atom is 0.224 e. The van der Waals surface area contributed by atoms with Crippen LogP contribution < -0.4 is 5.32 Å². The Kier molecular flexibility index (Phi) is 7.43. The minimum Gasteiger partial charge on any atom is -0.394 e. The summed E-state index contributed by atoms with van der Waals surface area (Å²) < 4.78 is 0. The van der Waals surface area contributed by atoms with Gasteiger partial charge < -0.3 is 20.6 Å². The van der Waals surface area contributed by atoms with Gasteiger partial charge in [0.2, 0.25) is 5.91 Å². The van der Waals surface area contributed by atoms with E-state index in [-0.39, 0.29) is 17.7 Å². The molecule has 0 aromatic rings. The van der Waals surface area contributed by atoms with Crippen molar-refractivity contribution < 1.29 is 20.1 Å². The van der Waals surface area contributed by atoms with Crippen molar-refractivity contribution in [2.24, 2.45) is 17.8 Å². The summed E-state index contributed by atoms with van der Waals surface area (Å²) in [6.07, 6.45) is 0.738. The van der Waals surface area contributed by atoms with E-state index in [0.717, 1.165) is 6.42 Å². The van der Waals surface area contributed by atoms with E-state index in [4.69, 9.17) is 0 Å². The lowest BCUT2D eigenvalue weighted by Gasteiger charge is -2.32. The molecule has 0 aliphatic carbocycles. The van der Waals surface area contributed by atoms with Gasteiger partial charge >= 0.3 is 0 Å². The van der Waals surface area contributed by atoms with Crippen LogP contribution >= 0.6 is 0 Å². The monoisotopic (exact) mass is 261 g/mol. The molecule has 4 N–H and O–H groups in total. The van der Waals surface area contributed by atoms with Crippen LogP contribution in [0.15, 0.2) is 0 Å². The largest absolute Gasteiger partial charge is 0.394 e. The molecule has 5 nitrogen and oxygen atoms in total. The van der Waals surface area contributed by atoms with Gasteiger partial charge in [0.1, 0.15) is 5.54 Å². The van der Waals surface area contributed by atoms with Crippen LogP contribution in [0.2, 0.25) is 0 Å². The fourth-order valence-electron chi connectivity index (χ4n) is 1.81. The van der Waals surface area contributed by atoms with Gasteiger partial charge in [-0.25, -0.2) is 0 Å². The van der Waals surface area contributed by atoms with Crippen molar-refractivity contribution in [3.05, 3.63) is 0 Å². The molecule has 0 radical (unpaired) electrons. The lowest BCUT2D eigenvalue weighted by atomic mass is 9.86. The molecule has 108 valence electrons. The zero-order valence-electron chi connectivity index (χ0n) is 11.8. The van der Waals surface area contributed by atoms with Crippen molar-refractivity contribution in [1.29, 1.82) is 0 Å². The maximum absolute atomic E-state index is 12.2. The van der Waals surface area contributed by atoms with E-state index >= 15 is 0 Å². The summed E-state index contributed by atoms with van der Waals surface area (Å²) in [5, 5.41) is 30.2. The third kappa shape index (κ3) is 4.92. The number of aliphatic hydroxyl groups is 3. The molecule has 0 aliphatic rings. The number of hydrogen-bond acceptors (Lipinski definition) is 4. The first-order valence-electron chi connectivity index (χ1n) is 6.46. The maximum atomic E-state index is 12.2. The first-order valence-corrected chi connectivity index (χ1v) is 6.46. The van der Waals surface area contributed by atoms with Gasteiger partial charge in [-0.3, -0.25) is 4.79 Å². The van der Waals surface area contributed by atoms with E-state index in [1.165, 1.54) is 0 Å². The van der Waals surface area contributed by atoms with Crippen LogP contribution in [-0.4, -0.2) is 46.6 Å². The van der Waals surface area contributed by atoms with Crippen LogP contribution in [0.5, 0.6) is 0 Å². The molecule has 1 amide bonds. The molecule has 0 aliphatic heterocycles. The molecule has 0 fully saturated rings. The number of amides is 1. The number of carbonyl (C=O) groups is 1. The zero-order valence-corrected chi connectivity index (χ0v) is 11.8. The first kappa shape index (κ1) is 17.4. The minimum absolute atomic E-state index is 0.168. The highest BCUT2D eigenvalue weighted by atomic mass is 16.3. The number of aliphatic hydroxyl groups excluding tert-OH is 3. The van der Waals surface area contributed by atoms with Crippen molar-refractivity contribution >= 4 is 5.91 Å². The molecule has 1 unspecified atom stereocenters. The standard InChI is InChI=1S/C13H27NO4/c1-9(2)5-11(10(3)4)12(18)14-13(6-15,7-16)8-17/h9-11,15-17H,5-8H2,1-4H3,(H,14,18). The molecule has 0 rings (SSSR count). The Labute approximate surface area is 109 Å². The average Bonchev–Trinajstić information content (AvgIpc) is 2.32. The fourth-order valence-corrected chi connectivity index (χ4v) is 1.81. The van der Waals surface area contributed by atoms with Crippen molar-refractivity contribution in [1.82, 2.24) is 5.32 Å². The Bertz CT molecular complexity index is 241. The molecule has 5 heteroatoms. The highest BCUT2D eigenvalue weighted by Gasteiger charge is 2.33. The third-order valence-corrected chi connectivity index (χ3v) is 3.16. The fraction of sp³-hybridized carbons (Fsp3) is 0.923. The summed E-state index contributed by atoms with van der Waals surface area (Å²) in [6, 6.07) is 0. The highest BCUT2D eigenvalue weighted by molar-refractivity contribution is 5.79. The van der Waals surface area contributed by atoms with Gasteiger partial charge in [-0.05, 0) is 18.3 Å². The Morgan fingerprint density at radius 3 is 1.78 bits per heavy atom. The van der Waals surface area contributed by atoms with E-state index in [1.807, 2.05) is 27.7 Å². The molecule has 0 bridgehead atoms. The molecule has 0 aromatic heterocycles. The Morgan fingerprint density at radius 2 is 1.50 bits per heavy atom. The zero-order chi connectivity index (χ0) is 14.3. The molecule has 1 atom stereocenters. The summed E-state index contributed by atoms with van der Waals surface area (Å²) in [5.41, 5.74) is -1.33. The average molecular weight is 261 g/mol. The number of rotatable bonds is 8. The van der Waals surface area contributed by atoms with Crippen molar-refractivity contribution in [2.45, 2.75) is 39.7 Å². The van der Waals surface area contributed by atoms with Crippen LogP contribution in [-0.2, 0) is 4.79 Å². The Hall–Kier alpha value is -0.650. The smallest absolute Gasteiger partial charge is 0.224 e. The lowest BCUT2D eigenvalue weighted by molar-refractivity contribution is -0.131. The molecular weight excluding hydrogens is 234 g/mol. The van der Waals surface area contributed by atoms with Gasteiger partial charge in [-0.2, -0.15) is 0 Å². The summed E-state index contributed by atoms with van der Waals surface area (Å²) in [6.45, 7) is 6.55. The Morgan fingerprint density at radius 1 is 1.06 bits per heavy atom. The molecule has 0 saturated heterocycles. The predicted octanol–water partition coefficient (Wildman–Crippen LogP) is 0.137. The molecule has 18 heavy (non-hydrogen) atoms. The number of carbonyl (C=O) groups excluding carboxylic acids is 1. The topological polar surface area (TPSA) is 89.8 Å². The van der Waals surface area contributed by atoms with Crippen LogP contribution in [0.4, 0.5) is 0 Å². The van der Waals surface area contributed by atoms with Crippen molar-refractivity contribution in [3.63, 3.8) is 0 Å². The first-order chi connectivity index (χ1) is 8.31. The quantitative estimate of drug-likeness (QED) is 0.500. The number of nitrogens with one attached hydrogen (secondary N) is 1. The van der Waals surface area contributed by atoms with Gasteiger partial charge in [0.15, 0.2) is 0 Å². The van der Waals surface area contributed by atoms with Crippen LogP contribution in [0.1, 0.15) is 34.1 Å². The molecule has 0 aromatic carbocycles. The van der Waals surface area contributed by atoms with Gasteiger partial charge in [0.05, 0.1) is 19.8 Å². The van der Waals surface area contributed by atoms with Crippen molar-refractivity contribution in [3.8, 4) is 0 Å². The molecule has 0 saturated carbocycles. The third-order valence-electron chi connectivity index (χ3n) is 3.16. The number of hydrogen-bond donors (Lipinski definition) is 4. The molecular formula is C13H27NO4. The van der Waals surface area contributed by atoms with Crippen LogP contribution in [0.25, 0.3) is 0 Å². The van der Waals surface area contributed by atoms with E-state index in [2.05, 4.69) is 5.32 Å². The second-order valence-corrected chi connectivity index (χ2v) is 5.72. The lowest BCUT2D eigenvalue weighted by Crippen LogP contribution is -2.58. The van der Waals surface area contributed by atoms with Gasteiger partial charge in [-0.15, -0.1) is 0 Å². The minimum atomic E-state index is -1.33. The summed E-state index contributed by atoms with van der Waals surface area (Å²) in [4.78, 5) is 12.2. The van der Waals surface area contributed by atoms with Gasteiger partial charge in [-0.1, -0.05) is 27.7 Å². The Balaban J connectivity index is 4.78. The van der Waals surface area contributed by atoms with E-state index in [1.54, 1.807) is 0 Å².